The van der Waals surface area contributed by atoms with E-state index in [1.54, 1.807) is 4.90 Å². The van der Waals surface area contributed by atoms with Crippen LogP contribution in [0.4, 0.5) is 0 Å². The van der Waals surface area contributed by atoms with Gasteiger partial charge in [0.05, 0.1) is 18.1 Å². The summed E-state index contributed by atoms with van der Waals surface area (Å²) in [5, 5.41) is 9.64. The molecule has 3 heterocycles. The van der Waals surface area contributed by atoms with Crippen LogP contribution in [0.5, 0.6) is 0 Å². The van der Waals surface area contributed by atoms with Crippen molar-refractivity contribution in [2.24, 2.45) is 17.3 Å². The van der Waals surface area contributed by atoms with Crippen molar-refractivity contribution in [3.63, 3.8) is 0 Å². The van der Waals surface area contributed by atoms with Crippen molar-refractivity contribution in [2.75, 3.05) is 32.9 Å². The standard InChI is InChI=1S/C15H23NO5/c1-10-6-11(2-4-21-10)13(17)16-7-12-8-20-5-3-15(12,9-16)14(18)19/h10-12H,2-9H2,1H3,(H,18,19)/t10?,11?,12-,15+/m0/s1. The summed E-state index contributed by atoms with van der Waals surface area (Å²) in [6.45, 7) is 4.36. The zero-order valence-corrected chi connectivity index (χ0v) is 12.4. The third-order valence-electron chi connectivity index (χ3n) is 5.28. The van der Waals surface area contributed by atoms with Gasteiger partial charge >= 0.3 is 5.97 Å². The molecule has 3 rings (SSSR count). The first-order chi connectivity index (χ1) is 10.0. The average molecular weight is 297 g/mol. The predicted molar refractivity (Wildman–Crippen MR) is 73.7 cm³/mol. The van der Waals surface area contributed by atoms with Gasteiger partial charge in [0.2, 0.25) is 5.91 Å². The van der Waals surface area contributed by atoms with Crippen LogP contribution in [-0.2, 0) is 19.1 Å². The van der Waals surface area contributed by atoms with Gasteiger partial charge in [0, 0.05) is 38.1 Å². The van der Waals surface area contributed by atoms with Gasteiger partial charge in [-0.3, -0.25) is 9.59 Å². The molecule has 0 bridgehead atoms. The lowest BCUT2D eigenvalue weighted by Gasteiger charge is -2.34. The first-order valence-electron chi connectivity index (χ1n) is 7.74. The molecule has 1 N–H and O–H groups in total. The molecule has 3 aliphatic heterocycles. The minimum absolute atomic E-state index is 0.0272. The van der Waals surface area contributed by atoms with Gasteiger partial charge in [0.25, 0.3) is 0 Å². The van der Waals surface area contributed by atoms with Crippen molar-refractivity contribution in [3.05, 3.63) is 0 Å². The van der Waals surface area contributed by atoms with Crippen molar-refractivity contribution in [1.29, 1.82) is 0 Å². The van der Waals surface area contributed by atoms with Crippen LogP contribution in [0, 0.1) is 17.3 Å². The normalized spacial score (nSPS) is 39.9. The molecule has 1 amide bonds. The maximum absolute atomic E-state index is 12.7. The molecule has 6 nitrogen and oxygen atoms in total. The Kier molecular flexibility index (Phi) is 3.92. The number of hydrogen-bond acceptors (Lipinski definition) is 4. The van der Waals surface area contributed by atoms with Crippen LogP contribution in [0.25, 0.3) is 0 Å². The van der Waals surface area contributed by atoms with Gasteiger partial charge in [-0.15, -0.1) is 0 Å². The van der Waals surface area contributed by atoms with Crippen molar-refractivity contribution >= 4 is 11.9 Å². The van der Waals surface area contributed by atoms with E-state index in [1.807, 2.05) is 6.92 Å². The number of carbonyl (C=O) groups is 2. The number of aliphatic carboxylic acids is 1. The second-order valence-electron chi connectivity index (χ2n) is 6.60. The molecular formula is C15H23NO5. The van der Waals surface area contributed by atoms with E-state index in [-0.39, 0.29) is 23.8 Å². The molecular weight excluding hydrogens is 274 g/mol. The fraction of sp³-hybridized carbons (Fsp3) is 0.867. The minimum Gasteiger partial charge on any atom is -0.481 e. The summed E-state index contributed by atoms with van der Waals surface area (Å²) in [4.78, 5) is 26.2. The molecule has 0 spiro atoms. The monoisotopic (exact) mass is 297 g/mol. The summed E-state index contributed by atoms with van der Waals surface area (Å²) >= 11 is 0. The second-order valence-corrected chi connectivity index (χ2v) is 6.60. The second kappa shape index (κ2) is 5.57. The number of carboxylic acid groups (broad SMARTS) is 1. The van der Waals surface area contributed by atoms with Gasteiger partial charge < -0.3 is 19.5 Å². The van der Waals surface area contributed by atoms with E-state index >= 15 is 0 Å². The van der Waals surface area contributed by atoms with E-state index in [0.29, 0.717) is 39.3 Å². The molecule has 118 valence electrons. The molecule has 0 aliphatic carbocycles. The van der Waals surface area contributed by atoms with Crippen LogP contribution in [0.2, 0.25) is 0 Å². The minimum atomic E-state index is -0.801. The smallest absolute Gasteiger partial charge is 0.311 e. The summed E-state index contributed by atoms with van der Waals surface area (Å²) in [6.07, 6.45) is 2.08. The molecule has 0 aromatic heterocycles. The molecule has 4 atom stereocenters. The zero-order valence-electron chi connectivity index (χ0n) is 12.4. The lowest BCUT2D eigenvalue weighted by Crippen LogP contribution is -2.45. The maximum atomic E-state index is 12.7. The van der Waals surface area contributed by atoms with Gasteiger partial charge in [-0.05, 0) is 26.2 Å². The first kappa shape index (κ1) is 14.8. The van der Waals surface area contributed by atoms with E-state index in [9.17, 15) is 14.7 Å². The Hall–Kier alpha value is -1.14. The van der Waals surface area contributed by atoms with Gasteiger partial charge in [0.1, 0.15) is 0 Å². The number of carboxylic acids is 1. The number of carbonyl (C=O) groups excluding carboxylic acids is 1. The van der Waals surface area contributed by atoms with E-state index < -0.39 is 11.4 Å². The molecule has 0 aromatic rings. The largest absolute Gasteiger partial charge is 0.481 e. The van der Waals surface area contributed by atoms with E-state index in [2.05, 4.69) is 0 Å². The number of amides is 1. The van der Waals surface area contributed by atoms with Crippen LogP contribution in [0.3, 0.4) is 0 Å². The van der Waals surface area contributed by atoms with Gasteiger partial charge in [-0.1, -0.05) is 0 Å². The van der Waals surface area contributed by atoms with Crippen molar-refractivity contribution in [1.82, 2.24) is 4.90 Å². The molecule has 0 radical (unpaired) electrons. The Labute approximate surface area is 124 Å². The van der Waals surface area contributed by atoms with Crippen LogP contribution in [0.1, 0.15) is 26.2 Å². The lowest BCUT2D eigenvalue weighted by atomic mass is 9.74. The number of fused-ring (bicyclic) bond motifs is 1. The summed E-state index contributed by atoms with van der Waals surface area (Å²) in [5.41, 5.74) is -0.801. The molecule has 3 aliphatic rings. The number of likely N-dealkylation sites (tertiary alicyclic amines) is 1. The third-order valence-corrected chi connectivity index (χ3v) is 5.28. The Morgan fingerprint density at radius 2 is 2.14 bits per heavy atom. The molecule has 21 heavy (non-hydrogen) atoms. The van der Waals surface area contributed by atoms with Crippen LogP contribution in [0.15, 0.2) is 0 Å². The van der Waals surface area contributed by atoms with Crippen LogP contribution in [-0.4, -0.2) is 60.9 Å². The van der Waals surface area contributed by atoms with Crippen molar-refractivity contribution in [2.45, 2.75) is 32.3 Å². The van der Waals surface area contributed by atoms with Crippen molar-refractivity contribution < 1.29 is 24.2 Å². The van der Waals surface area contributed by atoms with Crippen molar-refractivity contribution in [3.8, 4) is 0 Å². The molecule has 6 heteroatoms. The third kappa shape index (κ3) is 2.55. The summed E-state index contributed by atoms with van der Waals surface area (Å²) < 4.78 is 10.9. The van der Waals surface area contributed by atoms with Crippen LogP contribution < -0.4 is 0 Å². The maximum Gasteiger partial charge on any atom is 0.311 e. The first-order valence-corrected chi connectivity index (χ1v) is 7.74. The quantitative estimate of drug-likeness (QED) is 0.814. The zero-order chi connectivity index (χ0) is 15.0. The highest BCUT2D eigenvalue weighted by molar-refractivity contribution is 5.82. The van der Waals surface area contributed by atoms with E-state index in [0.717, 1.165) is 12.8 Å². The number of nitrogens with zero attached hydrogens (tertiary/aromatic N) is 1. The van der Waals surface area contributed by atoms with Gasteiger partial charge in [0.15, 0.2) is 0 Å². The topological polar surface area (TPSA) is 76.1 Å². The Morgan fingerprint density at radius 3 is 2.81 bits per heavy atom. The van der Waals surface area contributed by atoms with Gasteiger partial charge in [-0.25, -0.2) is 0 Å². The molecule has 2 unspecified atom stereocenters. The number of ether oxygens (including phenoxy) is 2. The highest BCUT2D eigenvalue weighted by atomic mass is 16.5. The highest BCUT2D eigenvalue weighted by Gasteiger charge is 2.55. The Balaban J connectivity index is 1.72. The van der Waals surface area contributed by atoms with E-state index in [1.165, 1.54) is 0 Å². The highest BCUT2D eigenvalue weighted by Crippen LogP contribution is 2.43. The fourth-order valence-corrected chi connectivity index (χ4v) is 3.95. The fourth-order valence-electron chi connectivity index (χ4n) is 3.95. The van der Waals surface area contributed by atoms with Gasteiger partial charge in [-0.2, -0.15) is 0 Å². The lowest BCUT2D eigenvalue weighted by molar-refractivity contribution is -0.157. The molecule has 0 aromatic carbocycles. The molecule has 3 saturated heterocycles. The molecule has 0 saturated carbocycles. The number of rotatable bonds is 2. The Morgan fingerprint density at radius 1 is 1.33 bits per heavy atom. The van der Waals surface area contributed by atoms with Crippen LogP contribution >= 0.6 is 0 Å². The summed E-state index contributed by atoms with van der Waals surface area (Å²) in [5.74, 6) is -0.794. The average Bonchev–Trinajstić information content (AvgIpc) is 2.87. The summed E-state index contributed by atoms with van der Waals surface area (Å²) in [7, 11) is 0. The van der Waals surface area contributed by atoms with E-state index in [4.69, 9.17) is 9.47 Å². The Bertz CT molecular complexity index is 440. The summed E-state index contributed by atoms with van der Waals surface area (Å²) in [6, 6.07) is 0. The number of hydrogen-bond donors (Lipinski definition) is 1. The predicted octanol–water partition coefficient (Wildman–Crippen LogP) is 0.751. The SMILES string of the molecule is CC1CC(C(=O)N2C[C@H]3COCC[C@@]3(C(=O)O)C2)CCO1. The molecule has 3 fully saturated rings.